The van der Waals surface area contributed by atoms with E-state index in [0.717, 1.165) is 0 Å². The van der Waals surface area contributed by atoms with E-state index >= 15 is 0 Å². The van der Waals surface area contributed by atoms with Gasteiger partial charge in [0.25, 0.3) is 10.1 Å². The standard InChI is InChI=1S/C8H10NO3S/c1-5-4-8(13(10,11)12)6(2)3-7(5)9/h3-4,9H,1-2H3,(H,10,11,12). The van der Waals surface area contributed by atoms with Crippen molar-refractivity contribution in [3.63, 3.8) is 0 Å². The molecule has 0 aliphatic carbocycles. The van der Waals surface area contributed by atoms with Crippen molar-refractivity contribution in [3.8, 4) is 0 Å². The molecule has 13 heavy (non-hydrogen) atoms. The van der Waals surface area contributed by atoms with Crippen LogP contribution in [-0.2, 0) is 10.1 Å². The number of nitrogens with one attached hydrogen (secondary N) is 1. The maximum Gasteiger partial charge on any atom is 0.294 e. The van der Waals surface area contributed by atoms with Gasteiger partial charge in [-0.3, -0.25) is 4.55 Å². The number of hydrogen-bond acceptors (Lipinski definition) is 2. The average Bonchev–Trinajstić information content (AvgIpc) is 1.94. The van der Waals surface area contributed by atoms with Crippen LogP contribution in [0, 0.1) is 13.8 Å². The van der Waals surface area contributed by atoms with E-state index in [1.54, 1.807) is 13.8 Å². The summed E-state index contributed by atoms with van der Waals surface area (Å²) in [4.78, 5) is -0.124. The van der Waals surface area contributed by atoms with Gasteiger partial charge in [-0.15, -0.1) is 0 Å². The maximum atomic E-state index is 10.8. The topological polar surface area (TPSA) is 78.2 Å². The van der Waals surface area contributed by atoms with Gasteiger partial charge in [-0.05, 0) is 37.1 Å². The SMILES string of the molecule is Cc1cc(S(=O)(=O)O)c(C)cc1[NH]. The maximum absolute atomic E-state index is 10.8. The fourth-order valence-corrected chi connectivity index (χ4v) is 1.86. The van der Waals surface area contributed by atoms with Crippen LogP contribution in [-0.4, -0.2) is 13.0 Å². The van der Waals surface area contributed by atoms with Gasteiger partial charge in [-0.25, -0.2) is 0 Å². The van der Waals surface area contributed by atoms with Gasteiger partial charge >= 0.3 is 0 Å². The van der Waals surface area contributed by atoms with Crippen molar-refractivity contribution in [2.24, 2.45) is 0 Å². The lowest BCUT2D eigenvalue weighted by Crippen LogP contribution is -2.01. The minimum absolute atomic E-state index is 0.124. The summed E-state index contributed by atoms with van der Waals surface area (Å²) in [5.41, 5.74) is 8.57. The molecule has 1 aromatic carbocycles. The molecule has 1 aromatic rings. The smallest absolute Gasteiger partial charge is 0.294 e. The van der Waals surface area contributed by atoms with Crippen LogP contribution in [0.5, 0.6) is 0 Å². The summed E-state index contributed by atoms with van der Waals surface area (Å²) in [5.74, 6) is 0. The third kappa shape index (κ3) is 1.99. The zero-order chi connectivity index (χ0) is 10.2. The Labute approximate surface area is 77.1 Å². The van der Waals surface area contributed by atoms with Gasteiger partial charge < -0.3 is 5.73 Å². The molecule has 2 N–H and O–H groups in total. The summed E-state index contributed by atoms with van der Waals surface area (Å²) in [6.45, 7) is 3.16. The van der Waals surface area contributed by atoms with E-state index in [9.17, 15) is 8.42 Å². The Balaban J connectivity index is 3.50. The number of rotatable bonds is 1. The molecule has 0 atom stereocenters. The highest BCUT2D eigenvalue weighted by atomic mass is 32.2. The Morgan fingerprint density at radius 2 is 1.77 bits per heavy atom. The molecule has 5 heteroatoms. The second kappa shape index (κ2) is 3.01. The summed E-state index contributed by atoms with van der Waals surface area (Å²) < 4.78 is 30.4. The van der Waals surface area contributed by atoms with Crippen LogP contribution < -0.4 is 5.73 Å². The molecule has 0 fully saturated rings. The fraction of sp³-hybridized carbons (Fsp3) is 0.250. The Morgan fingerprint density at radius 1 is 1.23 bits per heavy atom. The van der Waals surface area contributed by atoms with Gasteiger partial charge in [0.15, 0.2) is 0 Å². The summed E-state index contributed by atoms with van der Waals surface area (Å²) in [7, 11) is -4.16. The fourth-order valence-electron chi connectivity index (χ4n) is 1.07. The van der Waals surface area contributed by atoms with Gasteiger partial charge in [-0.1, -0.05) is 0 Å². The quantitative estimate of drug-likeness (QED) is 0.697. The first kappa shape index (κ1) is 10.0. The Kier molecular flexibility index (Phi) is 2.32. The predicted octanol–water partition coefficient (Wildman–Crippen LogP) is 1.46. The van der Waals surface area contributed by atoms with Crippen LogP contribution in [0.1, 0.15) is 11.1 Å². The Hall–Kier alpha value is -1.07. The first-order valence-corrected chi connectivity index (χ1v) is 5.06. The molecule has 0 bridgehead atoms. The van der Waals surface area contributed by atoms with Crippen LogP contribution in [0.3, 0.4) is 0 Å². The molecule has 0 amide bonds. The molecule has 0 unspecified atom stereocenters. The molecule has 0 saturated heterocycles. The summed E-state index contributed by atoms with van der Waals surface area (Å²) >= 11 is 0. The average molecular weight is 200 g/mol. The molecule has 0 saturated carbocycles. The lowest BCUT2D eigenvalue weighted by molar-refractivity contribution is 0.482. The molecule has 0 aromatic heterocycles. The monoisotopic (exact) mass is 200 g/mol. The van der Waals surface area contributed by atoms with Crippen molar-refractivity contribution in [3.05, 3.63) is 23.3 Å². The Morgan fingerprint density at radius 3 is 2.23 bits per heavy atom. The lowest BCUT2D eigenvalue weighted by atomic mass is 10.1. The van der Waals surface area contributed by atoms with E-state index in [4.69, 9.17) is 10.3 Å². The van der Waals surface area contributed by atoms with Crippen LogP contribution in [0.4, 0.5) is 5.69 Å². The zero-order valence-corrected chi connectivity index (χ0v) is 8.14. The van der Waals surface area contributed by atoms with Crippen molar-refractivity contribution in [2.75, 3.05) is 0 Å². The van der Waals surface area contributed by atoms with E-state index in [1.165, 1.54) is 12.1 Å². The molecule has 4 nitrogen and oxygen atoms in total. The molecule has 0 aliphatic rings. The first-order valence-electron chi connectivity index (χ1n) is 3.62. The molecular formula is C8H10NO3S. The van der Waals surface area contributed by atoms with Crippen LogP contribution in [0.25, 0.3) is 0 Å². The van der Waals surface area contributed by atoms with E-state index < -0.39 is 10.1 Å². The van der Waals surface area contributed by atoms with E-state index in [0.29, 0.717) is 11.1 Å². The molecular weight excluding hydrogens is 190 g/mol. The predicted molar refractivity (Wildman–Crippen MR) is 48.5 cm³/mol. The summed E-state index contributed by atoms with van der Waals surface area (Å²) in [6, 6.07) is 2.71. The largest absolute Gasteiger partial charge is 0.301 e. The highest BCUT2D eigenvalue weighted by Crippen LogP contribution is 2.22. The highest BCUT2D eigenvalue weighted by molar-refractivity contribution is 7.85. The van der Waals surface area contributed by atoms with Gasteiger partial charge in [0.1, 0.15) is 0 Å². The minimum Gasteiger partial charge on any atom is -0.301 e. The minimum atomic E-state index is -4.16. The van der Waals surface area contributed by atoms with Gasteiger partial charge in [-0.2, -0.15) is 8.42 Å². The second-order valence-corrected chi connectivity index (χ2v) is 4.30. The van der Waals surface area contributed by atoms with Crippen molar-refractivity contribution < 1.29 is 13.0 Å². The molecule has 0 spiro atoms. The van der Waals surface area contributed by atoms with E-state index in [1.807, 2.05) is 0 Å². The molecule has 71 valence electrons. The number of benzene rings is 1. The molecule has 0 aliphatic heterocycles. The van der Waals surface area contributed by atoms with Crippen LogP contribution in [0.15, 0.2) is 17.0 Å². The van der Waals surface area contributed by atoms with Gasteiger partial charge in [0.05, 0.1) is 10.6 Å². The van der Waals surface area contributed by atoms with Gasteiger partial charge in [0.2, 0.25) is 0 Å². The van der Waals surface area contributed by atoms with Crippen molar-refractivity contribution in [1.29, 1.82) is 0 Å². The molecule has 1 radical (unpaired) electrons. The van der Waals surface area contributed by atoms with Crippen LogP contribution >= 0.6 is 0 Å². The highest BCUT2D eigenvalue weighted by Gasteiger charge is 2.14. The van der Waals surface area contributed by atoms with E-state index in [2.05, 4.69) is 0 Å². The first-order chi connectivity index (χ1) is 5.82. The summed E-state index contributed by atoms with van der Waals surface area (Å²) in [6.07, 6.45) is 0. The number of aryl methyl sites for hydroxylation is 2. The second-order valence-electron chi connectivity index (χ2n) is 2.91. The molecule has 0 heterocycles. The third-order valence-corrected chi connectivity index (χ3v) is 2.80. The summed E-state index contributed by atoms with van der Waals surface area (Å²) in [5, 5.41) is 0. The number of hydrogen-bond donors (Lipinski definition) is 1. The Bertz CT molecular complexity index is 437. The van der Waals surface area contributed by atoms with Crippen molar-refractivity contribution in [2.45, 2.75) is 18.7 Å². The molecule has 1 rings (SSSR count). The van der Waals surface area contributed by atoms with Crippen molar-refractivity contribution in [1.82, 2.24) is 5.73 Å². The van der Waals surface area contributed by atoms with Crippen LogP contribution in [0.2, 0.25) is 0 Å². The third-order valence-electron chi connectivity index (χ3n) is 1.80. The van der Waals surface area contributed by atoms with Crippen molar-refractivity contribution >= 4 is 15.8 Å². The zero-order valence-electron chi connectivity index (χ0n) is 7.33. The lowest BCUT2D eigenvalue weighted by Gasteiger charge is -2.05. The van der Waals surface area contributed by atoms with Gasteiger partial charge in [0, 0.05) is 0 Å². The van der Waals surface area contributed by atoms with E-state index in [-0.39, 0.29) is 10.6 Å². The normalized spacial score (nSPS) is 11.6.